The molecule has 1 aliphatic rings. The molecule has 0 aliphatic carbocycles. The minimum absolute atomic E-state index is 0.0111. The molecule has 0 atom stereocenters. The normalized spacial score (nSPS) is 13.6. The van der Waals surface area contributed by atoms with E-state index in [1.54, 1.807) is 24.3 Å². The minimum atomic E-state index is -1.63. The highest BCUT2D eigenvalue weighted by molar-refractivity contribution is 8.03. The average molecular weight is 606 g/mol. The van der Waals surface area contributed by atoms with Gasteiger partial charge in [-0.3, -0.25) is 9.59 Å². The van der Waals surface area contributed by atoms with Gasteiger partial charge in [-0.05, 0) is 12.1 Å². The van der Waals surface area contributed by atoms with Gasteiger partial charge in [-0.15, -0.1) is 0 Å². The maximum atomic E-state index is 13.7. The lowest BCUT2D eigenvalue weighted by atomic mass is 9.95. The van der Waals surface area contributed by atoms with Crippen LogP contribution in [0.1, 0.15) is 31.8 Å². The molecule has 3 nitrogen and oxygen atoms in total. The van der Waals surface area contributed by atoms with Crippen LogP contribution in [-0.2, 0) is 7.59 Å². The van der Waals surface area contributed by atoms with E-state index in [1.807, 2.05) is 36.2 Å². The number of thioether (sulfide) groups is 1. The highest BCUT2D eigenvalue weighted by Gasteiger charge is 2.33. The number of allylic oxidation sites excluding steroid dienone is 1. The van der Waals surface area contributed by atoms with Crippen molar-refractivity contribution in [3.05, 3.63) is 106 Å². The van der Waals surface area contributed by atoms with Gasteiger partial charge in [0.2, 0.25) is 7.59 Å². The summed E-state index contributed by atoms with van der Waals surface area (Å²) in [5.41, 5.74) is 2.27. The van der Waals surface area contributed by atoms with Crippen molar-refractivity contribution < 1.29 is 9.59 Å². The van der Waals surface area contributed by atoms with E-state index in [1.165, 1.54) is 36.0 Å². The maximum absolute atomic E-state index is 13.7. The second kappa shape index (κ2) is 10.2. The Morgan fingerprint density at radius 2 is 1.11 bits per heavy atom. The molecule has 1 heterocycles. The number of anilines is 1. The minimum Gasteiger partial charge on any atom is -0.337 e. The Morgan fingerprint density at radius 3 is 1.51 bits per heavy atom. The molecular formula is C25H15Cl6NO2S. The largest absolute Gasteiger partial charge is 0.337 e. The van der Waals surface area contributed by atoms with Crippen LogP contribution >= 0.6 is 81.4 Å². The second-order valence-electron chi connectivity index (χ2n) is 7.62. The van der Waals surface area contributed by atoms with E-state index in [4.69, 9.17) is 69.6 Å². The molecule has 0 fully saturated rings. The molecule has 0 spiro atoms. The number of alkyl halides is 6. The van der Waals surface area contributed by atoms with E-state index in [0.717, 1.165) is 10.6 Å². The Labute approximate surface area is 236 Å². The molecule has 0 bridgehead atoms. The summed E-state index contributed by atoms with van der Waals surface area (Å²) >= 11 is 37.0. The van der Waals surface area contributed by atoms with Gasteiger partial charge in [0.15, 0.2) is 11.6 Å². The van der Waals surface area contributed by atoms with Gasteiger partial charge in [0.05, 0.1) is 10.7 Å². The second-order valence-corrected chi connectivity index (χ2v) is 13.2. The molecular weight excluding hydrogens is 591 g/mol. The van der Waals surface area contributed by atoms with Crippen LogP contribution in [0.15, 0.2) is 88.3 Å². The number of hydrogen-bond donors (Lipinski definition) is 0. The molecule has 0 N–H and O–H groups in total. The number of carbonyl (C=O) groups is 2. The van der Waals surface area contributed by atoms with Crippen molar-refractivity contribution in [3.8, 4) is 0 Å². The third-order valence-electron chi connectivity index (χ3n) is 5.35. The Bertz CT molecular complexity index is 1250. The van der Waals surface area contributed by atoms with Crippen LogP contribution in [0, 0.1) is 0 Å². The van der Waals surface area contributed by atoms with Gasteiger partial charge in [0.1, 0.15) is 5.57 Å². The molecule has 0 radical (unpaired) electrons. The predicted octanol–water partition coefficient (Wildman–Crippen LogP) is 8.86. The van der Waals surface area contributed by atoms with Gasteiger partial charge in [0, 0.05) is 34.2 Å². The molecule has 3 aromatic rings. The Balaban J connectivity index is 1.81. The van der Waals surface area contributed by atoms with Gasteiger partial charge in [0.25, 0.3) is 0 Å². The van der Waals surface area contributed by atoms with Crippen LogP contribution in [0.5, 0.6) is 0 Å². The highest BCUT2D eigenvalue weighted by Crippen LogP contribution is 2.47. The fraction of sp³-hybridized carbons (Fsp3) is 0.120. The van der Waals surface area contributed by atoms with Gasteiger partial charge in [-0.1, -0.05) is 142 Å². The highest BCUT2D eigenvalue weighted by atomic mass is 35.6. The molecule has 0 saturated heterocycles. The molecule has 3 aromatic carbocycles. The zero-order valence-corrected chi connectivity index (χ0v) is 23.2. The van der Waals surface area contributed by atoms with Crippen LogP contribution < -0.4 is 4.90 Å². The Morgan fingerprint density at radius 1 is 0.686 bits per heavy atom. The molecule has 0 amide bonds. The standard InChI is InChI=1S/C25H15Cl6NO2S/c1-32-18-4-2-3-5-19(18)35-23(32)20(21(33)14-6-10-16(11-7-14)24(26,27)28)22(34)15-8-12-17(13-9-15)25(29,30)31/h2-13H,1H3. The van der Waals surface area contributed by atoms with Gasteiger partial charge in [-0.2, -0.15) is 0 Å². The van der Waals surface area contributed by atoms with Crippen LogP contribution in [-0.4, -0.2) is 18.6 Å². The zero-order chi connectivity index (χ0) is 25.5. The summed E-state index contributed by atoms with van der Waals surface area (Å²) in [4.78, 5) is 30.3. The monoisotopic (exact) mass is 603 g/mol. The molecule has 0 unspecified atom stereocenters. The third-order valence-corrected chi connectivity index (χ3v) is 7.90. The summed E-state index contributed by atoms with van der Waals surface area (Å²) in [7, 11) is 1.81. The molecule has 0 aromatic heterocycles. The summed E-state index contributed by atoms with van der Waals surface area (Å²) in [5, 5.41) is 0.511. The number of hydrogen-bond acceptors (Lipinski definition) is 4. The number of benzene rings is 3. The lowest BCUT2D eigenvalue weighted by molar-refractivity contribution is 0.0961. The quantitative estimate of drug-likeness (QED) is 0.0979. The summed E-state index contributed by atoms with van der Waals surface area (Å²) in [6, 6.07) is 20.0. The maximum Gasteiger partial charge on any atom is 0.216 e. The van der Waals surface area contributed by atoms with Gasteiger partial charge < -0.3 is 4.90 Å². The van der Waals surface area contributed by atoms with Crippen molar-refractivity contribution >= 4 is 98.6 Å². The molecule has 4 rings (SSSR count). The topological polar surface area (TPSA) is 37.4 Å². The molecule has 35 heavy (non-hydrogen) atoms. The van der Waals surface area contributed by atoms with Crippen molar-refractivity contribution in [1.82, 2.24) is 0 Å². The van der Waals surface area contributed by atoms with Crippen LogP contribution in [0.3, 0.4) is 0 Å². The van der Waals surface area contributed by atoms with Crippen molar-refractivity contribution in [2.75, 3.05) is 11.9 Å². The van der Waals surface area contributed by atoms with Crippen molar-refractivity contribution in [1.29, 1.82) is 0 Å². The average Bonchev–Trinajstić information content (AvgIpc) is 3.14. The number of ketones is 2. The predicted molar refractivity (Wildman–Crippen MR) is 148 cm³/mol. The number of fused-ring (bicyclic) bond motifs is 1. The number of carbonyl (C=O) groups excluding carboxylic acids is 2. The van der Waals surface area contributed by atoms with E-state index in [-0.39, 0.29) is 16.7 Å². The van der Waals surface area contributed by atoms with E-state index in [0.29, 0.717) is 16.2 Å². The van der Waals surface area contributed by atoms with Gasteiger partial charge in [-0.25, -0.2) is 0 Å². The van der Waals surface area contributed by atoms with Crippen molar-refractivity contribution in [3.63, 3.8) is 0 Å². The first-order valence-corrected chi connectivity index (χ1v) is 13.1. The van der Waals surface area contributed by atoms with Crippen molar-refractivity contribution in [2.24, 2.45) is 0 Å². The Hall–Kier alpha value is -1.37. The summed E-state index contributed by atoms with van der Waals surface area (Å²) in [5.74, 6) is -0.919. The van der Waals surface area contributed by atoms with E-state index >= 15 is 0 Å². The smallest absolute Gasteiger partial charge is 0.216 e. The third kappa shape index (κ3) is 5.65. The van der Waals surface area contributed by atoms with Crippen molar-refractivity contribution in [2.45, 2.75) is 12.5 Å². The van der Waals surface area contributed by atoms with E-state index < -0.39 is 19.2 Å². The first kappa shape index (κ1) is 26.7. The SMILES string of the molecule is CN1C(=C(C(=O)c2ccc(C(Cl)(Cl)Cl)cc2)C(=O)c2ccc(C(Cl)(Cl)Cl)cc2)Sc2ccccc21. The summed E-state index contributed by atoms with van der Waals surface area (Å²) < 4.78 is -3.27. The molecule has 1 aliphatic heterocycles. The van der Waals surface area contributed by atoms with E-state index in [2.05, 4.69) is 0 Å². The van der Waals surface area contributed by atoms with Crippen LogP contribution in [0.2, 0.25) is 0 Å². The number of rotatable bonds is 4. The van der Waals surface area contributed by atoms with Crippen LogP contribution in [0.4, 0.5) is 5.69 Å². The molecule has 0 saturated carbocycles. The number of nitrogens with zero attached hydrogens (tertiary/aromatic N) is 1. The lowest BCUT2D eigenvalue weighted by Crippen LogP contribution is -2.22. The first-order chi connectivity index (χ1) is 16.4. The zero-order valence-electron chi connectivity index (χ0n) is 17.9. The summed E-state index contributed by atoms with van der Waals surface area (Å²) in [6.07, 6.45) is 0. The van der Waals surface area contributed by atoms with Gasteiger partial charge >= 0.3 is 0 Å². The lowest BCUT2D eigenvalue weighted by Gasteiger charge is -2.18. The fourth-order valence-corrected chi connectivity index (χ4v) is 5.47. The first-order valence-electron chi connectivity index (χ1n) is 10.1. The molecule has 10 heteroatoms. The summed E-state index contributed by atoms with van der Waals surface area (Å²) in [6.45, 7) is 0. The number of Topliss-reactive ketones (excluding diaryl/α,β-unsaturated/α-hetero) is 2. The Kier molecular flexibility index (Phi) is 7.76. The molecule has 180 valence electrons. The van der Waals surface area contributed by atoms with Crippen LogP contribution in [0.25, 0.3) is 0 Å². The van der Waals surface area contributed by atoms with E-state index in [9.17, 15) is 9.59 Å². The fourth-order valence-electron chi connectivity index (χ4n) is 3.53. The number of para-hydroxylation sites is 1. The number of halogens is 6.